The number of carbonyl (C=O) groups excluding carboxylic acids is 3. The van der Waals surface area contributed by atoms with Crippen LogP contribution in [-0.2, 0) is 30.4 Å². The van der Waals surface area contributed by atoms with Gasteiger partial charge in [0.2, 0.25) is 17.2 Å². The van der Waals surface area contributed by atoms with Gasteiger partial charge in [0.05, 0.1) is 13.7 Å². The molecule has 0 aromatic heterocycles. The number of amides is 2. The van der Waals surface area contributed by atoms with E-state index < -0.39 is 39.9 Å². The van der Waals surface area contributed by atoms with Crippen LogP contribution in [0.2, 0.25) is 0 Å². The van der Waals surface area contributed by atoms with Gasteiger partial charge in [-0.3, -0.25) is 14.4 Å². The number of quaternary nitrogens is 1. The summed E-state index contributed by atoms with van der Waals surface area (Å²) in [6.45, 7) is 2.21. The van der Waals surface area contributed by atoms with Crippen molar-refractivity contribution in [3.05, 3.63) is 58.6 Å². The van der Waals surface area contributed by atoms with Crippen LogP contribution in [0.1, 0.15) is 18.9 Å². The smallest absolute Gasteiger partial charge is 0.314 e. The number of piperazine rings is 1. The van der Waals surface area contributed by atoms with Crippen molar-refractivity contribution in [2.45, 2.75) is 32.2 Å². The molecule has 164 valence electrons. The number of benzene rings is 1. The lowest BCUT2D eigenvalue weighted by Crippen LogP contribution is -2.67. The Bertz CT molecular complexity index is 1050. The lowest BCUT2D eigenvalue weighted by Gasteiger charge is -2.51. The molecule has 1 unspecified atom stereocenters. The van der Waals surface area contributed by atoms with Crippen molar-refractivity contribution in [2.75, 3.05) is 20.3 Å². The van der Waals surface area contributed by atoms with Crippen molar-refractivity contribution in [3.8, 4) is 0 Å². The summed E-state index contributed by atoms with van der Waals surface area (Å²) in [4.78, 5) is 40.0. The molecule has 0 aliphatic carbocycles. The molecule has 2 fully saturated rings. The largest absolute Gasteiger partial charge is 0.488 e. The summed E-state index contributed by atoms with van der Waals surface area (Å²) >= 11 is 0. The monoisotopic (exact) mass is 434 g/mol. The molecule has 3 atom stereocenters. The molecular formula is C21H22F2N3O5+. The molecular weight excluding hydrogens is 412 g/mol. The number of ether oxygens (including phenoxy) is 2. The molecule has 2 amide bonds. The van der Waals surface area contributed by atoms with Crippen molar-refractivity contribution in [3.63, 3.8) is 0 Å². The fourth-order valence-corrected chi connectivity index (χ4v) is 4.49. The van der Waals surface area contributed by atoms with Crippen LogP contribution in [0.25, 0.3) is 0 Å². The number of hydrogen-bond donors (Lipinski definition) is 1. The molecule has 2 saturated heterocycles. The number of halogens is 2. The van der Waals surface area contributed by atoms with E-state index in [4.69, 9.17) is 15.2 Å². The molecule has 0 saturated carbocycles. The van der Waals surface area contributed by atoms with E-state index in [9.17, 15) is 23.2 Å². The average Bonchev–Trinajstić information content (AvgIpc) is 2.70. The van der Waals surface area contributed by atoms with Crippen LogP contribution in [-0.4, -0.2) is 59.5 Å². The predicted molar refractivity (Wildman–Crippen MR) is 102 cm³/mol. The second-order valence-electron chi connectivity index (χ2n) is 7.90. The van der Waals surface area contributed by atoms with Crippen LogP contribution in [0.15, 0.2) is 41.4 Å². The average molecular weight is 434 g/mol. The summed E-state index contributed by atoms with van der Waals surface area (Å²) in [5, 5.41) is 0. The van der Waals surface area contributed by atoms with Gasteiger partial charge in [-0.05, 0) is 25.5 Å². The fourth-order valence-electron chi connectivity index (χ4n) is 4.49. The van der Waals surface area contributed by atoms with Crippen molar-refractivity contribution < 1.29 is 37.1 Å². The minimum Gasteiger partial charge on any atom is -0.488 e. The molecule has 0 spiro atoms. The molecule has 1 aromatic carbocycles. The van der Waals surface area contributed by atoms with E-state index in [1.807, 2.05) is 6.92 Å². The quantitative estimate of drug-likeness (QED) is 0.565. The summed E-state index contributed by atoms with van der Waals surface area (Å²) < 4.78 is 38.7. The first-order valence-corrected chi connectivity index (χ1v) is 9.79. The summed E-state index contributed by atoms with van der Waals surface area (Å²) in [6, 6.07) is 2.94. The molecule has 3 aliphatic rings. The maximum absolute atomic E-state index is 14.6. The summed E-state index contributed by atoms with van der Waals surface area (Å²) in [7, 11) is 1.22. The second kappa shape index (κ2) is 7.54. The van der Waals surface area contributed by atoms with E-state index in [0.717, 1.165) is 12.1 Å². The van der Waals surface area contributed by atoms with Gasteiger partial charge < -0.3 is 20.1 Å². The molecule has 0 bridgehead atoms. The number of allylic oxidation sites excluding steroid dienone is 1. The number of hydrogen-bond acceptors (Lipinski definition) is 5. The molecule has 3 heterocycles. The Hall–Kier alpha value is -3.11. The van der Waals surface area contributed by atoms with Crippen molar-refractivity contribution in [1.29, 1.82) is 0 Å². The van der Waals surface area contributed by atoms with Gasteiger partial charge in [-0.1, -0.05) is 0 Å². The fraction of sp³-hybridized carbons (Fsp3) is 0.381. The summed E-state index contributed by atoms with van der Waals surface area (Å²) in [5.74, 6) is -4.19. The maximum Gasteiger partial charge on any atom is 0.314 e. The standard InChI is InChI=1S/C21H21F2N3O5/c1-11-5-6-31-16-10-26(8-12-3-4-13(22)7-15(12)23)9-14(20(24)28)18(27)19(30-2)17(26)21(29)25(11)16/h3-4,7,9,11,16H,5-6,8,10H2,1-2H3,(H-,24,28)/p+1/t11-,16+,26?/m1/s1. The zero-order valence-electron chi connectivity index (χ0n) is 17.1. The van der Waals surface area contributed by atoms with E-state index >= 15 is 0 Å². The minimum atomic E-state index is -0.997. The maximum atomic E-state index is 14.6. The first-order chi connectivity index (χ1) is 14.7. The Labute approximate surface area is 177 Å². The van der Waals surface area contributed by atoms with Crippen LogP contribution in [0, 0.1) is 11.6 Å². The molecule has 31 heavy (non-hydrogen) atoms. The highest BCUT2D eigenvalue weighted by Crippen LogP contribution is 2.41. The third kappa shape index (κ3) is 3.31. The van der Waals surface area contributed by atoms with Crippen molar-refractivity contribution >= 4 is 17.6 Å². The highest BCUT2D eigenvalue weighted by Gasteiger charge is 2.57. The van der Waals surface area contributed by atoms with Gasteiger partial charge in [0.15, 0.2) is 6.23 Å². The van der Waals surface area contributed by atoms with Gasteiger partial charge in [0.1, 0.15) is 36.5 Å². The topological polar surface area (TPSA) is 98.9 Å². The van der Waals surface area contributed by atoms with E-state index in [1.54, 1.807) is 0 Å². The van der Waals surface area contributed by atoms with Gasteiger partial charge in [0.25, 0.3) is 5.91 Å². The summed E-state index contributed by atoms with van der Waals surface area (Å²) in [6.07, 6.45) is 1.21. The van der Waals surface area contributed by atoms with E-state index in [1.165, 1.54) is 24.3 Å². The van der Waals surface area contributed by atoms with Crippen molar-refractivity contribution in [1.82, 2.24) is 4.90 Å². The van der Waals surface area contributed by atoms with Crippen molar-refractivity contribution in [2.24, 2.45) is 5.73 Å². The van der Waals surface area contributed by atoms with Gasteiger partial charge in [-0.25, -0.2) is 13.3 Å². The molecule has 0 radical (unpaired) electrons. The Morgan fingerprint density at radius 3 is 2.74 bits per heavy atom. The van der Waals surface area contributed by atoms with Gasteiger partial charge in [-0.15, -0.1) is 0 Å². The molecule has 8 nitrogen and oxygen atoms in total. The zero-order chi connectivity index (χ0) is 22.5. The third-order valence-electron chi connectivity index (χ3n) is 5.97. The zero-order valence-corrected chi connectivity index (χ0v) is 17.1. The highest BCUT2D eigenvalue weighted by atomic mass is 19.1. The summed E-state index contributed by atoms with van der Waals surface area (Å²) in [5.41, 5.74) is 5.11. The molecule has 2 N–H and O–H groups in total. The molecule has 1 aromatic rings. The Morgan fingerprint density at radius 1 is 1.35 bits per heavy atom. The molecule has 4 rings (SSSR count). The number of nitrogens with two attached hydrogens (primary N) is 1. The first-order valence-electron chi connectivity index (χ1n) is 9.79. The number of rotatable bonds is 4. The van der Waals surface area contributed by atoms with Crippen LogP contribution in [0.3, 0.4) is 0 Å². The number of ketones is 1. The van der Waals surface area contributed by atoms with Gasteiger partial charge in [0, 0.05) is 17.7 Å². The van der Waals surface area contributed by atoms with Gasteiger partial charge in [-0.2, -0.15) is 0 Å². The van der Waals surface area contributed by atoms with Gasteiger partial charge >= 0.3 is 5.91 Å². The Balaban J connectivity index is 1.93. The predicted octanol–water partition coefficient (Wildman–Crippen LogP) is 1.07. The van der Waals surface area contributed by atoms with Crippen LogP contribution < -0.4 is 5.73 Å². The number of fused-ring (bicyclic) bond motifs is 2. The molecule has 3 aliphatic heterocycles. The van der Waals surface area contributed by atoms with E-state index in [-0.39, 0.29) is 41.7 Å². The normalized spacial score (nSPS) is 28.1. The lowest BCUT2D eigenvalue weighted by molar-refractivity contribution is -0.862. The third-order valence-corrected chi connectivity index (χ3v) is 5.97. The SMILES string of the molecule is COC1=C2C(=O)N3[C@H](C)CCO[C@H]3C[N+]2(Cc2ccc(F)cc2F)C=C(C(N)=O)C1=O. The number of methoxy groups -OCH3 is 1. The number of Topliss-reactive ketones (excluding diaryl/α,β-unsaturated/α-hetero) is 1. The number of nitrogens with zero attached hydrogens (tertiary/aromatic N) is 2. The lowest BCUT2D eigenvalue weighted by atomic mass is 9.95. The highest BCUT2D eigenvalue weighted by molar-refractivity contribution is 6.26. The Kier molecular flexibility index (Phi) is 5.14. The second-order valence-corrected chi connectivity index (χ2v) is 7.90. The first kappa shape index (κ1) is 21.1. The Morgan fingerprint density at radius 2 is 2.10 bits per heavy atom. The number of carbonyl (C=O) groups is 3. The van der Waals surface area contributed by atoms with Crippen LogP contribution in [0.4, 0.5) is 8.78 Å². The van der Waals surface area contributed by atoms with E-state index in [0.29, 0.717) is 13.0 Å². The minimum absolute atomic E-state index is 0.0326. The van der Waals surface area contributed by atoms with Crippen LogP contribution >= 0.6 is 0 Å². The number of primary amides is 1. The molecule has 10 heteroatoms. The van der Waals surface area contributed by atoms with E-state index in [2.05, 4.69) is 0 Å². The van der Waals surface area contributed by atoms with Crippen LogP contribution in [0.5, 0.6) is 0 Å².